The molecule has 0 aliphatic carbocycles. The van der Waals surface area contributed by atoms with Crippen LogP contribution in [0.4, 0.5) is 0 Å². The number of carbonyl (C=O) groups is 1. The lowest BCUT2D eigenvalue weighted by atomic mass is 10.1. The van der Waals surface area contributed by atoms with Crippen molar-refractivity contribution < 1.29 is 15.0 Å². The topological polar surface area (TPSA) is 106 Å². The number of carboxylic acid groups (broad SMARTS) is 1. The van der Waals surface area contributed by atoms with E-state index in [0.29, 0.717) is 12.8 Å². The first-order valence-corrected chi connectivity index (χ1v) is 3.58. The Kier molecular flexibility index (Phi) is 4.83. The molecule has 6 heteroatoms. The number of carboxylic acids is 1. The van der Waals surface area contributed by atoms with Gasteiger partial charge in [-0.25, -0.2) is 4.79 Å². The fraction of sp³-hybridized carbons (Fsp3) is 0.833. The Balaban J connectivity index is 4.27. The maximum Gasteiger partial charge on any atom is 0.332 e. The summed E-state index contributed by atoms with van der Waals surface area (Å²) in [6.07, 6.45) is -0.563. The molecule has 0 fully saturated rings. The third-order valence-electron chi connectivity index (χ3n) is 1.40. The van der Waals surface area contributed by atoms with E-state index in [0.717, 1.165) is 0 Å². The Hall–Kier alpha value is -1.26. The zero-order valence-corrected chi connectivity index (χ0v) is 6.71. The summed E-state index contributed by atoms with van der Waals surface area (Å²) in [7, 11) is 0. The monoisotopic (exact) mass is 173 g/mol. The van der Waals surface area contributed by atoms with Crippen molar-refractivity contribution in [3.8, 4) is 0 Å². The van der Waals surface area contributed by atoms with Gasteiger partial charge in [0.2, 0.25) is 0 Å². The summed E-state index contributed by atoms with van der Waals surface area (Å²) in [5.41, 5.74) is 8.05. The van der Waals surface area contributed by atoms with Crippen molar-refractivity contribution >= 4 is 5.97 Å². The number of hydrogen-bond donors (Lipinski definition) is 2. The van der Waals surface area contributed by atoms with Crippen molar-refractivity contribution in [2.45, 2.75) is 31.9 Å². The first kappa shape index (κ1) is 10.7. The van der Waals surface area contributed by atoms with Crippen LogP contribution in [0.3, 0.4) is 0 Å². The molecule has 0 amide bonds. The molecule has 0 aliphatic heterocycles. The van der Waals surface area contributed by atoms with Crippen LogP contribution in [0.2, 0.25) is 0 Å². The quantitative estimate of drug-likeness (QED) is 0.366. The second-order valence-corrected chi connectivity index (χ2v) is 2.34. The van der Waals surface area contributed by atoms with Crippen molar-refractivity contribution in [2.24, 2.45) is 5.11 Å². The molecule has 0 radical (unpaired) electrons. The summed E-state index contributed by atoms with van der Waals surface area (Å²) in [5.74, 6) is -1.36. The predicted molar refractivity (Wildman–Crippen MR) is 41.5 cm³/mol. The van der Waals surface area contributed by atoms with Crippen molar-refractivity contribution in [1.29, 1.82) is 0 Å². The van der Waals surface area contributed by atoms with Crippen LogP contribution in [-0.4, -0.2) is 28.3 Å². The summed E-state index contributed by atoms with van der Waals surface area (Å²) in [4.78, 5) is 12.7. The summed E-state index contributed by atoms with van der Waals surface area (Å²) < 4.78 is 0. The minimum atomic E-state index is -1.60. The van der Waals surface area contributed by atoms with E-state index in [2.05, 4.69) is 10.0 Å². The van der Waals surface area contributed by atoms with Crippen LogP contribution in [0.25, 0.3) is 10.4 Å². The molecule has 0 heterocycles. The zero-order valence-electron chi connectivity index (χ0n) is 6.71. The van der Waals surface area contributed by atoms with Gasteiger partial charge >= 0.3 is 5.97 Å². The van der Waals surface area contributed by atoms with Crippen LogP contribution >= 0.6 is 0 Å². The molecule has 0 aromatic carbocycles. The molecule has 0 bridgehead atoms. The summed E-state index contributed by atoms with van der Waals surface area (Å²) in [6, 6.07) is -0.863. The summed E-state index contributed by atoms with van der Waals surface area (Å²) in [5, 5.41) is 20.5. The maximum absolute atomic E-state index is 10.3. The van der Waals surface area contributed by atoms with Gasteiger partial charge in [-0.3, -0.25) is 0 Å². The van der Waals surface area contributed by atoms with Crippen LogP contribution in [0, 0.1) is 0 Å². The molecular weight excluding hydrogens is 162 g/mol. The van der Waals surface area contributed by atoms with E-state index in [1.807, 2.05) is 6.92 Å². The van der Waals surface area contributed by atoms with Gasteiger partial charge in [0.1, 0.15) is 0 Å². The van der Waals surface area contributed by atoms with Gasteiger partial charge in [-0.2, -0.15) is 0 Å². The predicted octanol–water partition coefficient (Wildman–Crippen LogP) is 0.911. The highest BCUT2D eigenvalue weighted by molar-refractivity contribution is 5.72. The average Bonchev–Trinajstić information content (AvgIpc) is 2.03. The molecule has 68 valence electrons. The van der Waals surface area contributed by atoms with Crippen molar-refractivity contribution in [2.75, 3.05) is 0 Å². The molecule has 0 aromatic heterocycles. The second kappa shape index (κ2) is 5.40. The van der Waals surface area contributed by atoms with Crippen LogP contribution in [0.1, 0.15) is 19.8 Å². The Bertz CT molecular complexity index is 200. The third kappa shape index (κ3) is 3.23. The van der Waals surface area contributed by atoms with E-state index in [1.54, 1.807) is 0 Å². The van der Waals surface area contributed by atoms with E-state index in [9.17, 15) is 4.79 Å². The molecule has 0 unspecified atom stereocenters. The second-order valence-electron chi connectivity index (χ2n) is 2.34. The molecule has 2 atom stereocenters. The normalized spacial score (nSPS) is 14.5. The van der Waals surface area contributed by atoms with E-state index in [-0.39, 0.29) is 0 Å². The molecule has 6 nitrogen and oxygen atoms in total. The van der Waals surface area contributed by atoms with Gasteiger partial charge < -0.3 is 10.2 Å². The van der Waals surface area contributed by atoms with Gasteiger partial charge in [-0.05, 0) is 12.0 Å². The average molecular weight is 173 g/mol. The third-order valence-corrected chi connectivity index (χ3v) is 1.40. The number of aliphatic hydroxyl groups excluding tert-OH is 1. The van der Waals surface area contributed by atoms with Crippen LogP contribution in [-0.2, 0) is 4.79 Å². The van der Waals surface area contributed by atoms with Gasteiger partial charge in [0.05, 0.1) is 6.04 Å². The lowest BCUT2D eigenvalue weighted by Crippen LogP contribution is -2.31. The summed E-state index contributed by atoms with van der Waals surface area (Å²) in [6.45, 7) is 1.81. The van der Waals surface area contributed by atoms with Gasteiger partial charge in [0.15, 0.2) is 6.10 Å². The Morgan fingerprint density at radius 3 is 2.67 bits per heavy atom. The number of azide groups is 1. The molecule has 2 N–H and O–H groups in total. The van der Waals surface area contributed by atoms with Gasteiger partial charge in [-0.15, -0.1) is 0 Å². The molecule has 0 aliphatic rings. The van der Waals surface area contributed by atoms with E-state index >= 15 is 0 Å². The first-order chi connectivity index (χ1) is 5.63. The van der Waals surface area contributed by atoms with Crippen molar-refractivity contribution in [1.82, 2.24) is 0 Å². The minimum Gasteiger partial charge on any atom is -0.479 e. The maximum atomic E-state index is 10.3. The highest BCUT2D eigenvalue weighted by atomic mass is 16.4. The first-order valence-electron chi connectivity index (χ1n) is 3.58. The molecule has 0 aromatic rings. The number of aliphatic carboxylic acids is 1. The number of rotatable bonds is 5. The fourth-order valence-corrected chi connectivity index (χ4v) is 0.805. The van der Waals surface area contributed by atoms with Crippen molar-refractivity contribution in [3.63, 3.8) is 0 Å². The van der Waals surface area contributed by atoms with Crippen LogP contribution < -0.4 is 0 Å². The lowest BCUT2D eigenvalue weighted by Gasteiger charge is -2.12. The Morgan fingerprint density at radius 2 is 2.33 bits per heavy atom. The van der Waals surface area contributed by atoms with Gasteiger partial charge in [-0.1, -0.05) is 18.5 Å². The highest BCUT2D eigenvalue weighted by Gasteiger charge is 2.23. The van der Waals surface area contributed by atoms with E-state index < -0.39 is 18.1 Å². The van der Waals surface area contributed by atoms with E-state index in [4.69, 9.17) is 15.7 Å². The molecule has 0 rings (SSSR count). The van der Waals surface area contributed by atoms with Crippen molar-refractivity contribution in [3.05, 3.63) is 10.4 Å². The van der Waals surface area contributed by atoms with Gasteiger partial charge in [0, 0.05) is 4.91 Å². The number of nitrogens with zero attached hydrogens (tertiary/aromatic N) is 3. The molecule has 0 saturated heterocycles. The molecule has 0 spiro atoms. The smallest absolute Gasteiger partial charge is 0.332 e. The largest absolute Gasteiger partial charge is 0.479 e. The number of aliphatic hydroxyl groups is 1. The lowest BCUT2D eigenvalue weighted by molar-refractivity contribution is -0.147. The van der Waals surface area contributed by atoms with Crippen LogP contribution in [0.5, 0.6) is 0 Å². The fourth-order valence-electron chi connectivity index (χ4n) is 0.805. The standard InChI is InChI=1S/C6H11N3O3/c1-2-3-4(8-9-7)5(10)6(11)12/h4-5,10H,2-3H2,1H3,(H,11,12)/t4-,5+/m0/s1. The SMILES string of the molecule is CCC[C@H](N=[N+]=[N-])[C@@H](O)C(=O)O. The molecule has 12 heavy (non-hydrogen) atoms. The zero-order chi connectivity index (χ0) is 9.56. The number of hydrogen-bond acceptors (Lipinski definition) is 3. The molecular formula is C6H11N3O3. The van der Waals surface area contributed by atoms with E-state index in [1.165, 1.54) is 0 Å². The minimum absolute atomic E-state index is 0.373. The Morgan fingerprint density at radius 1 is 1.75 bits per heavy atom. The highest BCUT2D eigenvalue weighted by Crippen LogP contribution is 2.07. The Labute approximate surface area is 69.4 Å². The van der Waals surface area contributed by atoms with Crippen LogP contribution in [0.15, 0.2) is 5.11 Å². The summed E-state index contributed by atoms with van der Waals surface area (Å²) >= 11 is 0. The van der Waals surface area contributed by atoms with Gasteiger partial charge in [0.25, 0.3) is 0 Å². The molecule has 0 saturated carbocycles.